The largest absolute Gasteiger partial charge is 0.311 e. The highest BCUT2D eigenvalue weighted by Crippen LogP contribution is 2.32. The molecule has 178 valence electrons. The zero-order valence-electron chi connectivity index (χ0n) is 18.9. The van der Waals surface area contributed by atoms with Gasteiger partial charge in [-0.1, -0.05) is 23.9 Å². The first kappa shape index (κ1) is 23.0. The number of anilines is 1. The molecule has 0 aliphatic carbocycles. The molecule has 11 heteroatoms. The molecule has 3 aromatic rings. The zero-order chi connectivity index (χ0) is 23.7. The van der Waals surface area contributed by atoms with Crippen LogP contribution in [0.5, 0.6) is 0 Å². The van der Waals surface area contributed by atoms with Crippen LogP contribution in [0.2, 0.25) is 0 Å². The van der Waals surface area contributed by atoms with Crippen LogP contribution in [0.15, 0.2) is 52.5 Å². The number of hydrogen-bond donors (Lipinski definition) is 0. The van der Waals surface area contributed by atoms with Gasteiger partial charge >= 0.3 is 0 Å². The highest BCUT2D eigenvalue weighted by molar-refractivity contribution is 7.99. The minimum Gasteiger partial charge on any atom is -0.311 e. The number of sulfonamides is 1. The van der Waals surface area contributed by atoms with Crippen molar-refractivity contribution in [2.45, 2.75) is 42.7 Å². The van der Waals surface area contributed by atoms with E-state index in [-0.39, 0.29) is 11.7 Å². The first-order chi connectivity index (χ1) is 16.4. The molecular weight excluding hydrogens is 472 g/mol. The van der Waals surface area contributed by atoms with Crippen molar-refractivity contribution in [3.05, 3.63) is 53.6 Å². The second-order valence-corrected chi connectivity index (χ2v) is 11.4. The molecule has 9 nitrogen and oxygen atoms in total. The number of carbonyl (C=O) groups is 1. The summed E-state index contributed by atoms with van der Waals surface area (Å²) in [6.45, 7) is 3.75. The summed E-state index contributed by atoms with van der Waals surface area (Å²) in [5, 5.41) is 12.5. The Morgan fingerprint density at radius 3 is 2.68 bits per heavy atom. The maximum atomic E-state index is 13.1. The van der Waals surface area contributed by atoms with E-state index < -0.39 is 10.0 Å². The Bertz CT molecular complexity index is 1320. The number of fused-ring (bicyclic) bond motifs is 1. The molecule has 0 atom stereocenters. The monoisotopic (exact) mass is 498 g/mol. The average molecular weight is 499 g/mol. The molecule has 0 N–H and O–H groups in total. The smallest absolute Gasteiger partial charge is 0.243 e. The lowest BCUT2D eigenvalue weighted by Crippen LogP contribution is -2.37. The highest BCUT2D eigenvalue weighted by Gasteiger charge is 2.30. The summed E-state index contributed by atoms with van der Waals surface area (Å²) in [7, 11) is -3.48. The molecule has 0 unspecified atom stereocenters. The van der Waals surface area contributed by atoms with Crippen molar-refractivity contribution in [3.8, 4) is 5.69 Å². The fourth-order valence-corrected chi connectivity index (χ4v) is 6.80. The molecule has 2 aromatic carbocycles. The second kappa shape index (κ2) is 9.47. The number of aryl methyl sites for hydroxylation is 2. The van der Waals surface area contributed by atoms with E-state index in [2.05, 4.69) is 15.5 Å². The minimum atomic E-state index is -3.48. The molecule has 2 aliphatic rings. The third-order valence-corrected chi connectivity index (χ3v) is 8.98. The lowest BCUT2D eigenvalue weighted by atomic mass is 10.0. The lowest BCUT2D eigenvalue weighted by Gasteiger charge is -2.30. The van der Waals surface area contributed by atoms with Crippen LogP contribution in [-0.4, -0.2) is 64.2 Å². The molecule has 1 amide bonds. The van der Waals surface area contributed by atoms with E-state index in [0.29, 0.717) is 29.7 Å². The summed E-state index contributed by atoms with van der Waals surface area (Å²) in [6.07, 6.45) is 3.34. The van der Waals surface area contributed by atoms with Crippen LogP contribution in [0.4, 0.5) is 5.69 Å². The first-order valence-electron chi connectivity index (χ1n) is 11.4. The summed E-state index contributed by atoms with van der Waals surface area (Å²) in [5.74, 6) is 0.124. The van der Waals surface area contributed by atoms with E-state index in [0.717, 1.165) is 48.2 Å². The van der Waals surface area contributed by atoms with Gasteiger partial charge < -0.3 is 4.90 Å². The second-order valence-electron chi connectivity index (χ2n) is 8.55. The van der Waals surface area contributed by atoms with Crippen molar-refractivity contribution in [1.82, 2.24) is 24.5 Å². The third-order valence-electron chi connectivity index (χ3n) is 6.19. The maximum Gasteiger partial charge on any atom is 0.243 e. The van der Waals surface area contributed by atoms with Crippen LogP contribution in [0.1, 0.15) is 30.4 Å². The summed E-state index contributed by atoms with van der Waals surface area (Å²) in [6, 6.07) is 13.0. The van der Waals surface area contributed by atoms with E-state index in [4.69, 9.17) is 0 Å². The quantitative estimate of drug-likeness (QED) is 0.482. The average Bonchev–Trinajstić information content (AvgIpc) is 3.54. The molecule has 2 aliphatic heterocycles. The van der Waals surface area contributed by atoms with E-state index in [1.165, 1.54) is 11.8 Å². The maximum absolute atomic E-state index is 13.1. The van der Waals surface area contributed by atoms with E-state index in [9.17, 15) is 13.2 Å². The summed E-state index contributed by atoms with van der Waals surface area (Å²) >= 11 is 1.29. The number of tetrazole rings is 1. The number of rotatable bonds is 6. The molecule has 0 bridgehead atoms. The fraction of sp³-hybridized carbons (Fsp3) is 0.391. The molecule has 1 fully saturated rings. The van der Waals surface area contributed by atoms with Crippen molar-refractivity contribution in [3.63, 3.8) is 0 Å². The number of carbonyl (C=O) groups excluding carboxylic acids is 1. The van der Waals surface area contributed by atoms with Crippen LogP contribution in [-0.2, 0) is 21.2 Å². The molecule has 0 radical (unpaired) electrons. The molecule has 1 saturated heterocycles. The Labute approximate surface area is 203 Å². The van der Waals surface area contributed by atoms with Crippen molar-refractivity contribution < 1.29 is 13.2 Å². The van der Waals surface area contributed by atoms with Crippen molar-refractivity contribution >= 4 is 33.4 Å². The van der Waals surface area contributed by atoms with Crippen LogP contribution >= 0.6 is 11.8 Å². The van der Waals surface area contributed by atoms with Crippen LogP contribution < -0.4 is 4.90 Å². The van der Waals surface area contributed by atoms with Gasteiger partial charge in [-0.05, 0) is 84.5 Å². The number of aromatic nitrogens is 4. The molecule has 34 heavy (non-hydrogen) atoms. The van der Waals surface area contributed by atoms with E-state index >= 15 is 0 Å². The lowest BCUT2D eigenvalue weighted by molar-refractivity contribution is -0.116. The molecule has 0 saturated carbocycles. The first-order valence-corrected chi connectivity index (χ1v) is 13.8. The SMILES string of the molecule is Cc1cccc(-n2nnnc2SCC(=O)N2CCCc3cc(S(=O)(=O)N4CCCC4)ccc32)c1. The van der Waals surface area contributed by atoms with Gasteiger partial charge in [-0.25, -0.2) is 8.42 Å². The van der Waals surface area contributed by atoms with Gasteiger partial charge in [-0.2, -0.15) is 8.99 Å². The van der Waals surface area contributed by atoms with Crippen LogP contribution in [0, 0.1) is 6.92 Å². The van der Waals surface area contributed by atoms with Crippen molar-refractivity contribution in [2.24, 2.45) is 0 Å². The third kappa shape index (κ3) is 4.47. The minimum absolute atomic E-state index is 0.0557. The number of thioether (sulfide) groups is 1. The van der Waals surface area contributed by atoms with Crippen LogP contribution in [0.3, 0.4) is 0 Å². The Hall–Kier alpha value is -2.76. The number of benzene rings is 2. The van der Waals surface area contributed by atoms with Crippen LogP contribution in [0.25, 0.3) is 5.69 Å². The van der Waals surface area contributed by atoms with Gasteiger partial charge in [0.15, 0.2) is 0 Å². The van der Waals surface area contributed by atoms with E-state index in [1.807, 2.05) is 31.2 Å². The van der Waals surface area contributed by atoms with Gasteiger partial charge in [0.05, 0.1) is 16.3 Å². The molecular formula is C23H26N6O3S2. The van der Waals surface area contributed by atoms with Gasteiger partial charge in [0.25, 0.3) is 0 Å². The number of hydrogen-bond acceptors (Lipinski definition) is 7. The molecule has 1 aromatic heterocycles. The predicted molar refractivity (Wildman–Crippen MR) is 130 cm³/mol. The molecule has 5 rings (SSSR count). The Morgan fingerprint density at radius 1 is 1.06 bits per heavy atom. The molecule has 3 heterocycles. The van der Waals surface area contributed by atoms with Gasteiger partial charge in [-0.3, -0.25) is 4.79 Å². The summed E-state index contributed by atoms with van der Waals surface area (Å²) in [5.41, 5.74) is 3.62. The predicted octanol–water partition coefficient (Wildman–Crippen LogP) is 2.83. The van der Waals surface area contributed by atoms with Gasteiger partial charge in [0, 0.05) is 25.3 Å². The fourth-order valence-electron chi connectivity index (χ4n) is 4.47. The summed E-state index contributed by atoms with van der Waals surface area (Å²) < 4.78 is 29.1. The standard InChI is InChI=1S/C23H26N6O3S2/c1-17-6-4-8-19(14-17)29-23(24-25-26-29)33-16-22(30)28-13-5-7-18-15-20(9-10-21(18)28)34(31,32)27-11-2-3-12-27/h4,6,8-10,14-15H,2-3,5,7,11-13,16H2,1H3. The normalized spacial score (nSPS) is 16.6. The van der Waals surface area contributed by atoms with Gasteiger partial charge in [-0.15, -0.1) is 5.10 Å². The topological polar surface area (TPSA) is 101 Å². The zero-order valence-corrected chi connectivity index (χ0v) is 20.6. The summed E-state index contributed by atoms with van der Waals surface area (Å²) in [4.78, 5) is 15.2. The Balaban J connectivity index is 1.32. The number of amides is 1. The van der Waals surface area contributed by atoms with E-state index in [1.54, 1.807) is 32.1 Å². The molecule has 0 spiro atoms. The van der Waals surface area contributed by atoms with Gasteiger partial charge in [0.1, 0.15) is 0 Å². The van der Waals surface area contributed by atoms with Crippen molar-refractivity contribution in [2.75, 3.05) is 30.3 Å². The van der Waals surface area contributed by atoms with Crippen molar-refractivity contribution in [1.29, 1.82) is 0 Å². The number of nitrogens with zero attached hydrogens (tertiary/aromatic N) is 6. The Morgan fingerprint density at radius 2 is 1.88 bits per heavy atom. The Kier molecular flexibility index (Phi) is 6.41. The van der Waals surface area contributed by atoms with Gasteiger partial charge in [0.2, 0.25) is 21.1 Å². The highest BCUT2D eigenvalue weighted by atomic mass is 32.2.